The molecule has 4 rings (SSSR count). The van der Waals surface area contributed by atoms with Gasteiger partial charge in [0.15, 0.2) is 0 Å². The number of hydrogen-bond acceptors (Lipinski definition) is 4. The van der Waals surface area contributed by atoms with Crippen molar-refractivity contribution in [1.82, 2.24) is 0 Å². The van der Waals surface area contributed by atoms with Crippen molar-refractivity contribution in [2.45, 2.75) is 32.8 Å². The van der Waals surface area contributed by atoms with Crippen LogP contribution in [0.1, 0.15) is 34.2 Å². The molecule has 1 aliphatic rings. The number of aryl methyl sites for hydroxylation is 3. The van der Waals surface area contributed by atoms with Gasteiger partial charge in [-0.2, -0.15) is 0 Å². The molecule has 0 spiro atoms. The van der Waals surface area contributed by atoms with E-state index in [0.717, 1.165) is 35.8 Å². The number of hydrogen-bond donors (Lipinski definition) is 0. The molecule has 4 heteroatoms. The van der Waals surface area contributed by atoms with E-state index in [2.05, 4.69) is 6.07 Å². The van der Waals surface area contributed by atoms with Crippen LogP contribution >= 0.6 is 0 Å². The Morgan fingerprint density at radius 1 is 1.11 bits per heavy atom. The normalized spacial score (nSPS) is 13.2. The molecular formula is C23H20O4. The Balaban J connectivity index is 1.52. The van der Waals surface area contributed by atoms with E-state index < -0.39 is 11.6 Å². The summed E-state index contributed by atoms with van der Waals surface area (Å²) in [5.41, 5.74) is 5.41. The molecule has 3 aromatic rings. The van der Waals surface area contributed by atoms with E-state index in [9.17, 15) is 9.59 Å². The molecule has 0 fully saturated rings. The number of carbonyl (C=O) groups excluding carboxylic acids is 1. The van der Waals surface area contributed by atoms with Crippen LogP contribution in [0.2, 0.25) is 0 Å². The van der Waals surface area contributed by atoms with Crippen molar-refractivity contribution in [3.05, 3.63) is 86.8 Å². The summed E-state index contributed by atoms with van der Waals surface area (Å²) in [6.45, 7) is 2.05. The molecule has 1 heterocycles. The number of rotatable bonds is 4. The van der Waals surface area contributed by atoms with Crippen molar-refractivity contribution in [1.29, 1.82) is 0 Å². The zero-order chi connectivity index (χ0) is 18.8. The predicted octanol–water partition coefficient (Wildman–Crippen LogP) is 4.35. The number of carbonyl (C=O) groups is 1. The molecule has 0 unspecified atom stereocenters. The standard InChI is InChI=1S/C23H20O4/c1-15-5-7-16(8-6-15)9-10-22(24)26-14-19-13-23(25)27-21-12-18-4-2-3-17(18)11-20(19)21/h5-13H,2-4,14H2,1H3/b10-9+. The van der Waals surface area contributed by atoms with Crippen molar-refractivity contribution in [2.75, 3.05) is 0 Å². The first-order chi connectivity index (χ1) is 13.1. The van der Waals surface area contributed by atoms with Gasteiger partial charge in [-0.05, 0) is 61.1 Å². The van der Waals surface area contributed by atoms with E-state index in [-0.39, 0.29) is 6.61 Å². The molecule has 0 amide bonds. The highest BCUT2D eigenvalue weighted by Gasteiger charge is 2.15. The van der Waals surface area contributed by atoms with E-state index in [0.29, 0.717) is 11.1 Å². The highest BCUT2D eigenvalue weighted by atomic mass is 16.5. The van der Waals surface area contributed by atoms with Gasteiger partial charge in [0, 0.05) is 23.1 Å². The van der Waals surface area contributed by atoms with Gasteiger partial charge in [0.2, 0.25) is 0 Å². The van der Waals surface area contributed by atoms with Gasteiger partial charge in [0.05, 0.1) is 0 Å². The fourth-order valence-electron chi connectivity index (χ4n) is 3.45. The molecule has 2 aromatic carbocycles. The molecule has 1 aliphatic carbocycles. The number of benzene rings is 2. The molecule has 0 aliphatic heterocycles. The molecule has 0 atom stereocenters. The number of esters is 1. The predicted molar refractivity (Wildman–Crippen MR) is 105 cm³/mol. The van der Waals surface area contributed by atoms with Crippen LogP contribution in [0.4, 0.5) is 0 Å². The SMILES string of the molecule is Cc1ccc(/C=C/C(=O)OCc2cc(=O)oc3cc4c(cc23)CCC4)cc1. The maximum atomic E-state index is 12.1. The van der Waals surface area contributed by atoms with Crippen LogP contribution in [0, 0.1) is 6.92 Å². The summed E-state index contributed by atoms with van der Waals surface area (Å²) in [7, 11) is 0. The second kappa shape index (κ2) is 7.23. The molecule has 0 N–H and O–H groups in total. The Morgan fingerprint density at radius 3 is 2.63 bits per heavy atom. The lowest BCUT2D eigenvalue weighted by atomic mass is 10.0. The van der Waals surface area contributed by atoms with Gasteiger partial charge in [0.1, 0.15) is 12.2 Å². The van der Waals surface area contributed by atoms with Crippen molar-refractivity contribution in [3.8, 4) is 0 Å². The lowest BCUT2D eigenvalue weighted by molar-refractivity contribution is -0.138. The third-order valence-electron chi connectivity index (χ3n) is 4.90. The van der Waals surface area contributed by atoms with E-state index in [1.54, 1.807) is 6.08 Å². The van der Waals surface area contributed by atoms with Gasteiger partial charge in [-0.15, -0.1) is 0 Å². The lowest BCUT2D eigenvalue weighted by Gasteiger charge is -2.08. The average Bonchev–Trinajstić information content (AvgIpc) is 3.11. The Morgan fingerprint density at radius 2 is 1.85 bits per heavy atom. The summed E-state index contributed by atoms with van der Waals surface area (Å²) in [4.78, 5) is 23.9. The monoisotopic (exact) mass is 360 g/mol. The van der Waals surface area contributed by atoms with Gasteiger partial charge < -0.3 is 9.15 Å². The van der Waals surface area contributed by atoms with Crippen molar-refractivity contribution >= 4 is 23.0 Å². The van der Waals surface area contributed by atoms with Crippen LogP contribution in [-0.4, -0.2) is 5.97 Å². The van der Waals surface area contributed by atoms with E-state index in [1.807, 2.05) is 37.3 Å². The number of ether oxygens (including phenoxy) is 1. The molecule has 136 valence electrons. The maximum Gasteiger partial charge on any atom is 0.336 e. The number of fused-ring (bicyclic) bond motifs is 2. The summed E-state index contributed by atoms with van der Waals surface area (Å²) >= 11 is 0. The highest BCUT2D eigenvalue weighted by molar-refractivity contribution is 5.87. The van der Waals surface area contributed by atoms with Crippen LogP contribution in [0.15, 0.2) is 57.8 Å². The molecule has 1 aromatic heterocycles. The first-order valence-corrected chi connectivity index (χ1v) is 9.08. The molecular weight excluding hydrogens is 340 g/mol. The van der Waals surface area contributed by atoms with E-state index >= 15 is 0 Å². The van der Waals surface area contributed by atoms with Gasteiger partial charge in [-0.25, -0.2) is 9.59 Å². The summed E-state index contributed by atoms with van der Waals surface area (Å²) in [6, 6.07) is 13.3. The molecule has 4 nitrogen and oxygen atoms in total. The third kappa shape index (κ3) is 3.85. The summed E-state index contributed by atoms with van der Waals surface area (Å²) in [5.74, 6) is -0.446. The fraction of sp³-hybridized carbons (Fsp3) is 0.217. The molecule has 0 bridgehead atoms. The largest absolute Gasteiger partial charge is 0.458 e. The van der Waals surface area contributed by atoms with Crippen LogP contribution < -0.4 is 5.63 Å². The third-order valence-corrected chi connectivity index (χ3v) is 4.90. The highest BCUT2D eigenvalue weighted by Crippen LogP contribution is 2.28. The van der Waals surface area contributed by atoms with Gasteiger partial charge >= 0.3 is 11.6 Å². The minimum Gasteiger partial charge on any atom is -0.458 e. The van der Waals surface area contributed by atoms with Crippen molar-refractivity contribution in [3.63, 3.8) is 0 Å². The smallest absolute Gasteiger partial charge is 0.336 e. The Bertz CT molecular complexity index is 1090. The topological polar surface area (TPSA) is 56.5 Å². The minimum absolute atomic E-state index is 0.0396. The summed E-state index contributed by atoms with van der Waals surface area (Å²) < 4.78 is 10.7. The molecule has 27 heavy (non-hydrogen) atoms. The Labute approximate surface area is 157 Å². The fourth-order valence-corrected chi connectivity index (χ4v) is 3.45. The van der Waals surface area contributed by atoms with Crippen LogP contribution in [0.3, 0.4) is 0 Å². The first kappa shape index (κ1) is 17.3. The maximum absolute atomic E-state index is 12.1. The first-order valence-electron chi connectivity index (χ1n) is 9.08. The molecule has 0 saturated heterocycles. The summed E-state index contributed by atoms with van der Waals surface area (Å²) in [5, 5.41) is 0.838. The van der Waals surface area contributed by atoms with E-state index in [4.69, 9.17) is 9.15 Å². The van der Waals surface area contributed by atoms with Crippen molar-refractivity contribution < 1.29 is 13.9 Å². The Kier molecular flexibility index (Phi) is 4.63. The lowest BCUT2D eigenvalue weighted by Crippen LogP contribution is -2.06. The second-order valence-corrected chi connectivity index (χ2v) is 6.91. The van der Waals surface area contributed by atoms with E-state index in [1.165, 1.54) is 23.3 Å². The Hall–Kier alpha value is -3.14. The van der Waals surface area contributed by atoms with Crippen LogP contribution in [0.5, 0.6) is 0 Å². The van der Waals surface area contributed by atoms with Gasteiger partial charge in [-0.1, -0.05) is 29.8 Å². The zero-order valence-corrected chi connectivity index (χ0v) is 15.2. The van der Waals surface area contributed by atoms with Crippen LogP contribution in [0.25, 0.3) is 17.0 Å². The van der Waals surface area contributed by atoms with Gasteiger partial charge in [0.25, 0.3) is 0 Å². The average molecular weight is 360 g/mol. The van der Waals surface area contributed by atoms with Crippen LogP contribution in [-0.2, 0) is 29.0 Å². The molecule has 0 saturated carbocycles. The summed E-state index contributed by atoms with van der Waals surface area (Å²) in [6.07, 6.45) is 6.27. The second-order valence-electron chi connectivity index (χ2n) is 6.91. The molecule has 0 radical (unpaired) electrons. The minimum atomic E-state index is -0.446. The van der Waals surface area contributed by atoms with Gasteiger partial charge in [-0.3, -0.25) is 0 Å². The van der Waals surface area contributed by atoms with Crippen molar-refractivity contribution in [2.24, 2.45) is 0 Å². The quantitative estimate of drug-likeness (QED) is 0.394. The zero-order valence-electron chi connectivity index (χ0n) is 15.2.